The SMILES string of the molecule is CC(=O)c1csc(NC(=O)c2nn(C)c3ccccc23)n1. The van der Waals surface area contributed by atoms with E-state index in [9.17, 15) is 9.59 Å². The maximum atomic E-state index is 12.3. The molecule has 21 heavy (non-hydrogen) atoms. The van der Waals surface area contributed by atoms with Crippen LogP contribution in [0.5, 0.6) is 0 Å². The van der Waals surface area contributed by atoms with Crippen molar-refractivity contribution in [2.75, 3.05) is 5.32 Å². The van der Waals surface area contributed by atoms with Gasteiger partial charge in [-0.25, -0.2) is 4.98 Å². The summed E-state index contributed by atoms with van der Waals surface area (Å²) >= 11 is 1.21. The zero-order valence-electron chi connectivity index (χ0n) is 11.5. The number of Topliss-reactive ketones (excluding diaryl/α,β-unsaturated/α-hetero) is 1. The van der Waals surface area contributed by atoms with Gasteiger partial charge in [-0.05, 0) is 6.07 Å². The first kappa shape index (κ1) is 13.4. The highest BCUT2D eigenvalue weighted by Gasteiger charge is 2.17. The fraction of sp³-hybridized carbons (Fsp3) is 0.143. The monoisotopic (exact) mass is 300 g/mol. The predicted molar refractivity (Wildman–Crippen MR) is 80.8 cm³/mol. The third kappa shape index (κ3) is 2.43. The van der Waals surface area contributed by atoms with E-state index in [1.807, 2.05) is 24.3 Å². The highest BCUT2D eigenvalue weighted by molar-refractivity contribution is 7.14. The first-order valence-corrected chi connectivity index (χ1v) is 7.14. The zero-order valence-corrected chi connectivity index (χ0v) is 12.3. The highest BCUT2D eigenvalue weighted by atomic mass is 32.1. The quantitative estimate of drug-likeness (QED) is 0.754. The molecule has 7 heteroatoms. The molecule has 0 aliphatic carbocycles. The number of hydrogen-bond donors (Lipinski definition) is 1. The average molecular weight is 300 g/mol. The van der Waals surface area contributed by atoms with Gasteiger partial charge in [0.2, 0.25) is 0 Å². The Kier molecular flexibility index (Phi) is 3.26. The summed E-state index contributed by atoms with van der Waals surface area (Å²) in [5.41, 5.74) is 1.57. The molecule has 0 atom stereocenters. The molecular formula is C14H12N4O2S. The molecule has 0 aliphatic rings. The van der Waals surface area contributed by atoms with Crippen LogP contribution in [0.2, 0.25) is 0 Å². The number of benzene rings is 1. The van der Waals surface area contributed by atoms with Gasteiger partial charge in [-0.1, -0.05) is 18.2 Å². The molecule has 3 rings (SSSR count). The Bertz CT molecular complexity index is 850. The summed E-state index contributed by atoms with van der Waals surface area (Å²) < 4.78 is 1.66. The number of para-hydroxylation sites is 1. The van der Waals surface area contributed by atoms with Crippen molar-refractivity contribution in [1.82, 2.24) is 14.8 Å². The second-order valence-electron chi connectivity index (χ2n) is 4.54. The van der Waals surface area contributed by atoms with Gasteiger partial charge in [0.05, 0.1) is 5.52 Å². The number of fused-ring (bicyclic) bond motifs is 1. The van der Waals surface area contributed by atoms with Crippen LogP contribution in [0.3, 0.4) is 0 Å². The van der Waals surface area contributed by atoms with Gasteiger partial charge in [-0.2, -0.15) is 5.10 Å². The summed E-state index contributed by atoms with van der Waals surface area (Å²) in [6, 6.07) is 7.50. The smallest absolute Gasteiger partial charge is 0.278 e. The van der Waals surface area contributed by atoms with Crippen LogP contribution in [-0.4, -0.2) is 26.5 Å². The molecule has 1 amide bonds. The summed E-state index contributed by atoms with van der Waals surface area (Å²) in [7, 11) is 1.79. The second kappa shape index (κ2) is 5.10. The summed E-state index contributed by atoms with van der Waals surface area (Å²) in [4.78, 5) is 27.6. The molecule has 0 aliphatic heterocycles. The molecule has 2 heterocycles. The first-order chi connectivity index (χ1) is 10.1. The van der Waals surface area contributed by atoms with E-state index in [1.165, 1.54) is 18.3 Å². The van der Waals surface area contributed by atoms with Gasteiger partial charge < -0.3 is 0 Å². The number of aryl methyl sites for hydroxylation is 1. The van der Waals surface area contributed by atoms with Gasteiger partial charge in [-0.3, -0.25) is 19.6 Å². The van der Waals surface area contributed by atoms with E-state index in [1.54, 1.807) is 17.1 Å². The minimum Gasteiger partial charge on any atom is -0.296 e. The van der Waals surface area contributed by atoms with Gasteiger partial charge in [-0.15, -0.1) is 11.3 Å². The standard InChI is InChI=1S/C14H12N4O2S/c1-8(19)10-7-21-14(15-10)16-13(20)12-9-5-3-4-6-11(9)18(2)17-12/h3-7H,1-2H3,(H,15,16,20). The first-order valence-electron chi connectivity index (χ1n) is 6.26. The Morgan fingerprint density at radius 1 is 1.29 bits per heavy atom. The molecule has 1 aromatic carbocycles. The van der Waals surface area contributed by atoms with E-state index in [-0.39, 0.29) is 11.7 Å². The topological polar surface area (TPSA) is 76.9 Å². The molecular weight excluding hydrogens is 288 g/mol. The van der Waals surface area contributed by atoms with E-state index in [4.69, 9.17) is 0 Å². The number of nitrogens with zero attached hydrogens (tertiary/aromatic N) is 3. The van der Waals surface area contributed by atoms with Gasteiger partial charge in [0.15, 0.2) is 16.6 Å². The molecule has 0 saturated heterocycles. The van der Waals surface area contributed by atoms with Crippen LogP contribution in [0.4, 0.5) is 5.13 Å². The lowest BCUT2D eigenvalue weighted by Crippen LogP contribution is -2.13. The van der Waals surface area contributed by atoms with Crippen LogP contribution in [0.15, 0.2) is 29.6 Å². The van der Waals surface area contributed by atoms with E-state index < -0.39 is 0 Å². The molecule has 106 valence electrons. The Morgan fingerprint density at radius 2 is 2.05 bits per heavy atom. The van der Waals surface area contributed by atoms with Crippen molar-refractivity contribution in [3.8, 4) is 0 Å². The minimum absolute atomic E-state index is 0.130. The lowest BCUT2D eigenvalue weighted by Gasteiger charge is -1.98. The lowest BCUT2D eigenvalue weighted by atomic mass is 10.2. The molecule has 0 spiro atoms. The van der Waals surface area contributed by atoms with Crippen molar-refractivity contribution in [1.29, 1.82) is 0 Å². The Hall–Kier alpha value is -2.54. The van der Waals surface area contributed by atoms with E-state index >= 15 is 0 Å². The van der Waals surface area contributed by atoms with Crippen LogP contribution in [-0.2, 0) is 7.05 Å². The van der Waals surface area contributed by atoms with Gasteiger partial charge in [0, 0.05) is 24.7 Å². The van der Waals surface area contributed by atoms with Crippen LogP contribution >= 0.6 is 11.3 Å². The largest absolute Gasteiger partial charge is 0.296 e. The van der Waals surface area contributed by atoms with Crippen molar-refractivity contribution >= 4 is 39.1 Å². The predicted octanol–water partition coefficient (Wildman–Crippen LogP) is 2.48. The van der Waals surface area contributed by atoms with Crippen molar-refractivity contribution in [3.05, 3.63) is 41.0 Å². The Balaban J connectivity index is 1.91. The molecule has 0 bridgehead atoms. The fourth-order valence-electron chi connectivity index (χ4n) is 2.03. The zero-order chi connectivity index (χ0) is 15.0. The van der Waals surface area contributed by atoms with E-state index in [2.05, 4.69) is 15.4 Å². The number of anilines is 1. The van der Waals surface area contributed by atoms with Gasteiger partial charge >= 0.3 is 0 Å². The van der Waals surface area contributed by atoms with Crippen molar-refractivity contribution in [2.24, 2.45) is 7.05 Å². The number of nitrogens with one attached hydrogen (secondary N) is 1. The number of hydrogen-bond acceptors (Lipinski definition) is 5. The number of carbonyl (C=O) groups is 2. The molecule has 0 unspecified atom stereocenters. The van der Waals surface area contributed by atoms with Gasteiger partial charge in [0.25, 0.3) is 5.91 Å². The van der Waals surface area contributed by atoms with Crippen molar-refractivity contribution in [3.63, 3.8) is 0 Å². The Labute approximate surface area is 124 Å². The summed E-state index contributed by atoms with van der Waals surface area (Å²) in [6.07, 6.45) is 0. The van der Waals surface area contributed by atoms with Crippen molar-refractivity contribution < 1.29 is 9.59 Å². The van der Waals surface area contributed by atoms with Gasteiger partial charge in [0.1, 0.15) is 5.69 Å². The number of carbonyl (C=O) groups excluding carboxylic acids is 2. The van der Waals surface area contributed by atoms with E-state index in [0.717, 1.165) is 10.9 Å². The third-order valence-corrected chi connectivity index (χ3v) is 3.82. The van der Waals surface area contributed by atoms with Crippen LogP contribution in [0.1, 0.15) is 27.9 Å². The molecule has 3 aromatic rings. The number of thiazole rings is 1. The lowest BCUT2D eigenvalue weighted by molar-refractivity contribution is 0.100. The van der Waals surface area contributed by atoms with Crippen LogP contribution in [0.25, 0.3) is 10.9 Å². The molecule has 2 aromatic heterocycles. The highest BCUT2D eigenvalue weighted by Crippen LogP contribution is 2.20. The Morgan fingerprint density at radius 3 is 2.76 bits per heavy atom. The third-order valence-electron chi connectivity index (χ3n) is 3.06. The van der Waals surface area contributed by atoms with Crippen LogP contribution in [0, 0.1) is 0 Å². The van der Waals surface area contributed by atoms with Crippen LogP contribution < -0.4 is 5.32 Å². The van der Waals surface area contributed by atoms with E-state index in [0.29, 0.717) is 16.5 Å². The number of ketones is 1. The average Bonchev–Trinajstić information content (AvgIpc) is 3.05. The maximum absolute atomic E-state index is 12.3. The van der Waals surface area contributed by atoms with Crippen molar-refractivity contribution in [2.45, 2.75) is 6.92 Å². The summed E-state index contributed by atoms with van der Waals surface area (Å²) in [6.45, 7) is 1.44. The second-order valence-corrected chi connectivity index (χ2v) is 5.40. The fourth-order valence-corrected chi connectivity index (χ4v) is 2.78. The molecule has 1 N–H and O–H groups in total. The normalized spacial score (nSPS) is 10.8. The minimum atomic E-state index is -0.337. The molecule has 0 fully saturated rings. The summed E-state index contributed by atoms with van der Waals surface area (Å²) in [5.74, 6) is -0.466. The maximum Gasteiger partial charge on any atom is 0.278 e. The molecule has 6 nitrogen and oxygen atoms in total. The molecule has 0 radical (unpaired) electrons. The summed E-state index contributed by atoms with van der Waals surface area (Å²) in [5, 5.41) is 9.71. The number of aromatic nitrogens is 3. The number of rotatable bonds is 3. The molecule has 0 saturated carbocycles. The number of amides is 1.